The maximum Gasteiger partial charge on any atom is 0.326 e. The van der Waals surface area contributed by atoms with Crippen LogP contribution in [-0.2, 0) is 20.8 Å². The molecule has 102 valence electrons. The molecule has 0 fully saturated rings. The van der Waals surface area contributed by atoms with Gasteiger partial charge in [-0.05, 0) is 17.7 Å². The molecule has 0 aromatic heterocycles. The van der Waals surface area contributed by atoms with Crippen molar-refractivity contribution in [2.75, 3.05) is 0 Å². The molecule has 0 saturated carbocycles. The number of carboxylic acids is 2. The predicted molar refractivity (Wildman–Crippen MR) is 69.7 cm³/mol. The van der Waals surface area contributed by atoms with E-state index in [1.807, 2.05) is 0 Å². The molecule has 0 spiro atoms. The zero-order valence-electron chi connectivity index (χ0n) is 9.80. The molecular weight excluding hydrogens is 318 g/mol. The molecule has 7 heteroatoms. The van der Waals surface area contributed by atoms with Crippen molar-refractivity contribution in [3.05, 3.63) is 34.3 Å². The summed E-state index contributed by atoms with van der Waals surface area (Å²) in [6.07, 6.45) is -0.655. The lowest BCUT2D eigenvalue weighted by Crippen LogP contribution is -2.42. The first kappa shape index (κ1) is 15.2. The summed E-state index contributed by atoms with van der Waals surface area (Å²) in [6.45, 7) is 0. The van der Waals surface area contributed by atoms with Crippen molar-refractivity contribution in [2.24, 2.45) is 0 Å². The summed E-state index contributed by atoms with van der Waals surface area (Å²) < 4.78 is 0.867. The van der Waals surface area contributed by atoms with Crippen molar-refractivity contribution in [1.82, 2.24) is 5.32 Å². The predicted octanol–water partition coefficient (Wildman–Crippen LogP) is 1.04. The Hall–Kier alpha value is -1.89. The Kier molecular flexibility index (Phi) is 5.50. The largest absolute Gasteiger partial charge is 0.481 e. The highest BCUT2D eigenvalue weighted by molar-refractivity contribution is 9.10. The molecule has 0 saturated heterocycles. The summed E-state index contributed by atoms with van der Waals surface area (Å²) in [5.41, 5.74) is 0.708. The lowest BCUT2D eigenvalue weighted by molar-refractivity contribution is -0.147. The summed E-state index contributed by atoms with van der Waals surface area (Å²) in [6, 6.07) is 5.54. The van der Waals surface area contributed by atoms with E-state index < -0.39 is 30.3 Å². The van der Waals surface area contributed by atoms with Crippen LogP contribution in [0.1, 0.15) is 12.0 Å². The van der Waals surface area contributed by atoms with Crippen molar-refractivity contribution >= 4 is 33.8 Å². The van der Waals surface area contributed by atoms with E-state index in [2.05, 4.69) is 21.2 Å². The molecule has 0 aliphatic rings. The van der Waals surface area contributed by atoms with Gasteiger partial charge >= 0.3 is 11.9 Å². The molecule has 1 aromatic carbocycles. The van der Waals surface area contributed by atoms with Gasteiger partial charge in [-0.25, -0.2) is 4.79 Å². The SMILES string of the molecule is O=C(O)C[C@H](NC(=O)Cc1ccc(Br)cc1)C(=O)O. The second-order valence-corrected chi connectivity index (χ2v) is 4.78. The number of carboxylic acid groups (broad SMARTS) is 2. The van der Waals surface area contributed by atoms with Crippen LogP contribution in [0, 0.1) is 0 Å². The minimum absolute atomic E-state index is 0.00329. The highest BCUT2D eigenvalue weighted by Gasteiger charge is 2.22. The summed E-state index contributed by atoms with van der Waals surface area (Å²) >= 11 is 3.25. The van der Waals surface area contributed by atoms with E-state index in [1.54, 1.807) is 24.3 Å². The van der Waals surface area contributed by atoms with Crippen molar-refractivity contribution in [2.45, 2.75) is 18.9 Å². The minimum Gasteiger partial charge on any atom is -0.481 e. The van der Waals surface area contributed by atoms with Crippen LogP contribution in [0.2, 0.25) is 0 Å². The number of nitrogens with one attached hydrogen (secondary N) is 1. The van der Waals surface area contributed by atoms with Crippen molar-refractivity contribution < 1.29 is 24.6 Å². The molecule has 0 aliphatic heterocycles. The van der Waals surface area contributed by atoms with Gasteiger partial charge in [0.25, 0.3) is 0 Å². The van der Waals surface area contributed by atoms with Crippen LogP contribution in [-0.4, -0.2) is 34.1 Å². The Morgan fingerprint density at radius 3 is 2.21 bits per heavy atom. The van der Waals surface area contributed by atoms with Crippen LogP contribution >= 0.6 is 15.9 Å². The zero-order valence-corrected chi connectivity index (χ0v) is 11.4. The lowest BCUT2D eigenvalue weighted by Gasteiger charge is -2.12. The Morgan fingerprint density at radius 2 is 1.74 bits per heavy atom. The highest BCUT2D eigenvalue weighted by atomic mass is 79.9. The molecule has 1 rings (SSSR count). The van der Waals surface area contributed by atoms with Crippen LogP contribution in [0.4, 0.5) is 0 Å². The number of hydrogen-bond acceptors (Lipinski definition) is 3. The minimum atomic E-state index is -1.42. The summed E-state index contributed by atoms with van der Waals surface area (Å²) in [5.74, 6) is -3.18. The van der Waals surface area contributed by atoms with Gasteiger partial charge in [-0.1, -0.05) is 28.1 Å². The second kappa shape index (κ2) is 6.89. The average molecular weight is 330 g/mol. The highest BCUT2D eigenvalue weighted by Crippen LogP contribution is 2.10. The Morgan fingerprint density at radius 1 is 1.16 bits per heavy atom. The number of rotatable bonds is 6. The van der Waals surface area contributed by atoms with Gasteiger partial charge in [0.1, 0.15) is 6.04 Å². The smallest absolute Gasteiger partial charge is 0.326 e. The first-order valence-electron chi connectivity index (χ1n) is 5.37. The maximum atomic E-state index is 11.6. The van der Waals surface area contributed by atoms with Gasteiger partial charge in [0.05, 0.1) is 12.8 Å². The molecular formula is C12H12BrNO5. The summed E-state index contributed by atoms with van der Waals surface area (Å²) in [4.78, 5) is 32.9. The number of carbonyl (C=O) groups is 3. The number of halogens is 1. The average Bonchev–Trinajstić information content (AvgIpc) is 2.30. The van der Waals surface area contributed by atoms with Crippen LogP contribution < -0.4 is 5.32 Å². The van der Waals surface area contributed by atoms with Crippen molar-refractivity contribution in [1.29, 1.82) is 0 Å². The summed E-state index contributed by atoms with van der Waals surface area (Å²) in [7, 11) is 0. The number of amides is 1. The van der Waals surface area contributed by atoms with Gasteiger partial charge in [0, 0.05) is 4.47 Å². The standard InChI is InChI=1S/C12H12BrNO5/c13-8-3-1-7(2-4-8)5-10(15)14-9(12(18)19)6-11(16)17/h1-4,9H,5-6H2,(H,14,15)(H,16,17)(H,18,19)/t9-/m0/s1. The number of carbonyl (C=O) groups excluding carboxylic acids is 1. The lowest BCUT2D eigenvalue weighted by atomic mass is 10.1. The van der Waals surface area contributed by atoms with Gasteiger partial charge in [-0.15, -0.1) is 0 Å². The molecule has 19 heavy (non-hydrogen) atoms. The van der Waals surface area contributed by atoms with E-state index in [9.17, 15) is 14.4 Å². The van der Waals surface area contributed by atoms with Crippen LogP contribution in [0.5, 0.6) is 0 Å². The summed E-state index contributed by atoms with van der Waals surface area (Å²) in [5, 5.41) is 19.5. The Bertz CT molecular complexity index is 485. The first-order chi connectivity index (χ1) is 8.88. The molecule has 0 aliphatic carbocycles. The van der Waals surface area contributed by atoms with E-state index in [0.717, 1.165) is 4.47 Å². The van der Waals surface area contributed by atoms with Crippen molar-refractivity contribution in [3.63, 3.8) is 0 Å². The molecule has 0 heterocycles. The number of benzene rings is 1. The third-order valence-corrected chi connectivity index (χ3v) is 2.82. The Labute approximate surface area is 117 Å². The van der Waals surface area contributed by atoms with E-state index in [-0.39, 0.29) is 6.42 Å². The van der Waals surface area contributed by atoms with E-state index in [4.69, 9.17) is 10.2 Å². The molecule has 0 bridgehead atoms. The molecule has 1 atom stereocenters. The third kappa shape index (κ3) is 5.52. The van der Waals surface area contributed by atoms with E-state index in [1.165, 1.54) is 0 Å². The van der Waals surface area contributed by atoms with Gasteiger partial charge in [0.15, 0.2) is 0 Å². The molecule has 0 radical (unpaired) electrons. The molecule has 1 amide bonds. The van der Waals surface area contributed by atoms with Crippen molar-refractivity contribution in [3.8, 4) is 0 Å². The van der Waals surface area contributed by atoms with E-state index >= 15 is 0 Å². The van der Waals surface area contributed by atoms with Crippen LogP contribution in [0.3, 0.4) is 0 Å². The van der Waals surface area contributed by atoms with Crippen LogP contribution in [0.25, 0.3) is 0 Å². The molecule has 0 unspecified atom stereocenters. The third-order valence-electron chi connectivity index (χ3n) is 2.29. The maximum absolute atomic E-state index is 11.6. The fourth-order valence-electron chi connectivity index (χ4n) is 1.41. The zero-order chi connectivity index (χ0) is 14.4. The van der Waals surface area contributed by atoms with Gasteiger partial charge in [-0.2, -0.15) is 0 Å². The molecule has 6 nitrogen and oxygen atoms in total. The second-order valence-electron chi connectivity index (χ2n) is 3.86. The fraction of sp³-hybridized carbons (Fsp3) is 0.250. The quantitative estimate of drug-likeness (QED) is 0.723. The van der Waals surface area contributed by atoms with Gasteiger partial charge in [-0.3, -0.25) is 9.59 Å². The number of aliphatic carboxylic acids is 2. The molecule has 3 N–H and O–H groups in total. The van der Waals surface area contributed by atoms with E-state index in [0.29, 0.717) is 5.56 Å². The van der Waals surface area contributed by atoms with Gasteiger partial charge < -0.3 is 15.5 Å². The van der Waals surface area contributed by atoms with Gasteiger partial charge in [0.2, 0.25) is 5.91 Å². The number of hydrogen-bond donors (Lipinski definition) is 3. The first-order valence-corrected chi connectivity index (χ1v) is 6.16. The Balaban J connectivity index is 2.59. The topological polar surface area (TPSA) is 104 Å². The fourth-order valence-corrected chi connectivity index (χ4v) is 1.67. The molecule has 1 aromatic rings. The monoisotopic (exact) mass is 329 g/mol. The van der Waals surface area contributed by atoms with Crippen LogP contribution in [0.15, 0.2) is 28.7 Å². The normalized spacial score (nSPS) is 11.6.